The number of amides is 1. The molecule has 1 aromatic rings. The third kappa shape index (κ3) is 6.03. The van der Waals surface area contributed by atoms with Crippen molar-refractivity contribution in [2.24, 2.45) is 11.8 Å². The van der Waals surface area contributed by atoms with Gasteiger partial charge >= 0.3 is 0 Å². The summed E-state index contributed by atoms with van der Waals surface area (Å²) >= 11 is 0. The molecule has 0 spiro atoms. The number of benzene rings is 1. The first-order valence-electron chi connectivity index (χ1n) is 12.1. The largest absolute Gasteiger partial charge is 0.495 e. The summed E-state index contributed by atoms with van der Waals surface area (Å²) in [6.45, 7) is 7.16. The number of hydrogen-bond acceptors (Lipinski definition) is 6. The van der Waals surface area contributed by atoms with Gasteiger partial charge < -0.3 is 24.6 Å². The van der Waals surface area contributed by atoms with Crippen LogP contribution in [0.15, 0.2) is 30.5 Å². The molecule has 1 aromatic carbocycles. The van der Waals surface area contributed by atoms with Gasteiger partial charge in [0, 0.05) is 44.6 Å². The predicted molar refractivity (Wildman–Crippen MR) is 127 cm³/mol. The summed E-state index contributed by atoms with van der Waals surface area (Å²) in [6, 6.07) is 5.73. The molecular formula is C25H38N4O3. The van der Waals surface area contributed by atoms with E-state index in [4.69, 9.17) is 9.47 Å². The first-order valence-corrected chi connectivity index (χ1v) is 12.1. The maximum atomic E-state index is 13.2. The van der Waals surface area contributed by atoms with Crippen molar-refractivity contribution in [3.8, 4) is 5.75 Å². The van der Waals surface area contributed by atoms with Gasteiger partial charge in [-0.15, -0.1) is 0 Å². The van der Waals surface area contributed by atoms with Crippen molar-refractivity contribution in [1.82, 2.24) is 15.5 Å². The topological polar surface area (TPSA) is 66.1 Å². The molecule has 0 unspecified atom stereocenters. The lowest BCUT2D eigenvalue weighted by Crippen LogP contribution is -2.39. The summed E-state index contributed by atoms with van der Waals surface area (Å²) in [5.74, 6) is 2.26. The van der Waals surface area contributed by atoms with Crippen LogP contribution in [0.5, 0.6) is 5.75 Å². The minimum atomic E-state index is 0.105. The smallest absolute Gasteiger partial charge is 0.253 e. The molecule has 2 fully saturated rings. The molecule has 32 heavy (non-hydrogen) atoms. The number of anilines is 1. The van der Waals surface area contributed by atoms with Crippen molar-refractivity contribution in [2.45, 2.75) is 32.1 Å². The number of ether oxygens (including phenoxy) is 2. The van der Waals surface area contributed by atoms with Crippen LogP contribution in [0.2, 0.25) is 0 Å². The highest BCUT2D eigenvalue weighted by atomic mass is 16.5. The summed E-state index contributed by atoms with van der Waals surface area (Å²) in [4.78, 5) is 17.2. The quantitative estimate of drug-likeness (QED) is 0.604. The van der Waals surface area contributed by atoms with Crippen LogP contribution in [-0.2, 0) is 4.74 Å². The highest BCUT2D eigenvalue weighted by molar-refractivity contribution is 5.95. The zero-order chi connectivity index (χ0) is 22.2. The molecule has 2 saturated heterocycles. The van der Waals surface area contributed by atoms with Crippen molar-refractivity contribution in [3.05, 3.63) is 36.0 Å². The van der Waals surface area contributed by atoms with Crippen LogP contribution in [0.1, 0.15) is 42.5 Å². The maximum absolute atomic E-state index is 13.2. The zero-order valence-electron chi connectivity index (χ0n) is 19.4. The lowest BCUT2D eigenvalue weighted by atomic mass is 9.95. The van der Waals surface area contributed by atoms with Gasteiger partial charge in [-0.05, 0) is 75.2 Å². The van der Waals surface area contributed by atoms with Crippen molar-refractivity contribution in [3.63, 3.8) is 0 Å². The molecule has 0 saturated carbocycles. The number of rotatable bonds is 8. The third-order valence-corrected chi connectivity index (χ3v) is 6.95. The molecule has 0 bridgehead atoms. The fraction of sp³-hybridized carbons (Fsp3) is 0.640. The van der Waals surface area contributed by atoms with E-state index in [-0.39, 0.29) is 5.91 Å². The van der Waals surface area contributed by atoms with Crippen LogP contribution in [0.3, 0.4) is 0 Å². The van der Waals surface area contributed by atoms with Crippen LogP contribution >= 0.6 is 0 Å². The Labute approximate surface area is 192 Å². The highest BCUT2D eigenvalue weighted by Gasteiger charge is 2.25. The van der Waals surface area contributed by atoms with Gasteiger partial charge in [-0.2, -0.15) is 0 Å². The summed E-state index contributed by atoms with van der Waals surface area (Å²) in [7, 11) is 1.67. The van der Waals surface area contributed by atoms with Crippen LogP contribution in [0, 0.1) is 11.8 Å². The van der Waals surface area contributed by atoms with Crippen molar-refractivity contribution in [1.29, 1.82) is 0 Å². The SMILES string of the molecule is COc1ccc(C(=O)N2CCC(COCCC3CCNCC3)CC2)cc1N1C=CCNC1. The number of carbonyl (C=O) groups excluding carboxylic acids is 1. The second-order valence-electron chi connectivity index (χ2n) is 9.15. The molecule has 0 radical (unpaired) electrons. The van der Waals surface area contributed by atoms with Crippen molar-refractivity contribution >= 4 is 11.6 Å². The normalized spacial score (nSPS) is 20.5. The molecule has 7 nitrogen and oxygen atoms in total. The standard InChI is InChI=1S/C25H38N4O3/c1-31-24-4-3-22(17-23(24)29-13-2-10-27-19-29)25(30)28-14-7-21(8-15-28)18-32-16-9-20-5-11-26-12-6-20/h2-4,13,17,20-21,26-27H,5-12,14-16,18-19H2,1H3. The highest BCUT2D eigenvalue weighted by Crippen LogP contribution is 2.31. The van der Waals surface area contributed by atoms with E-state index in [1.807, 2.05) is 29.3 Å². The van der Waals surface area contributed by atoms with Crippen molar-refractivity contribution < 1.29 is 14.3 Å². The van der Waals surface area contributed by atoms with Crippen LogP contribution in [0.25, 0.3) is 0 Å². The fourth-order valence-corrected chi connectivity index (χ4v) is 4.87. The summed E-state index contributed by atoms with van der Waals surface area (Å²) in [6.07, 6.45) is 9.88. The number of methoxy groups -OCH3 is 1. The monoisotopic (exact) mass is 442 g/mol. The molecule has 3 aliphatic heterocycles. The molecule has 0 aliphatic carbocycles. The Balaban J connectivity index is 1.25. The Morgan fingerprint density at radius 1 is 1.09 bits per heavy atom. The summed E-state index contributed by atoms with van der Waals surface area (Å²) in [5.41, 5.74) is 1.63. The van der Waals surface area contributed by atoms with E-state index in [9.17, 15) is 4.79 Å². The molecule has 2 N–H and O–H groups in total. The van der Waals surface area contributed by atoms with Gasteiger partial charge in [0.25, 0.3) is 5.91 Å². The Bertz CT molecular complexity index is 770. The lowest BCUT2D eigenvalue weighted by molar-refractivity contribution is 0.0482. The summed E-state index contributed by atoms with van der Waals surface area (Å²) in [5, 5.41) is 6.73. The van der Waals surface area contributed by atoms with Crippen molar-refractivity contribution in [2.75, 3.05) is 64.6 Å². The fourth-order valence-electron chi connectivity index (χ4n) is 4.87. The average Bonchev–Trinajstić information content (AvgIpc) is 2.87. The minimum absolute atomic E-state index is 0.105. The first kappa shape index (κ1) is 23.1. The van der Waals surface area contributed by atoms with Gasteiger partial charge in [0.05, 0.1) is 19.5 Å². The Hall–Kier alpha value is -2.09. The third-order valence-electron chi connectivity index (χ3n) is 6.95. The molecule has 7 heteroatoms. The summed E-state index contributed by atoms with van der Waals surface area (Å²) < 4.78 is 11.5. The van der Waals surface area contributed by atoms with E-state index in [1.54, 1.807) is 7.11 Å². The van der Waals surface area contributed by atoms with Gasteiger partial charge in [-0.3, -0.25) is 10.1 Å². The molecule has 3 heterocycles. The van der Waals surface area contributed by atoms with Gasteiger partial charge in [0.2, 0.25) is 0 Å². The van der Waals surface area contributed by atoms with Crippen LogP contribution < -0.4 is 20.3 Å². The molecule has 0 atom stereocenters. The minimum Gasteiger partial charge on any atom is -0.495 e. The van der Waals surface area contributed by atoms with E-state index in [0.29, 0.717) is 12.6 Å². The average molecular weight is 443 g/mol. The van der Waals surface area contributed by atoms with Crippen LogP contribution in [0.4, 0.5) is 5.69 Å². The molecule has 4 rings (SSSR count). The van der Waals surface area contributed by atoms with Gasteiger partial charge in [0.15, 0.2) is 0 Å². The first-order chi connectivity index (χ1) is 15.7. The second-order valence-corrected chi connectivity index (χ2v) is 9.15. The Morgan fingerprint density at radius 2 is 1.91 bits per heavy atom. The van der Waals surface area contributed by atoms with E-state index in [1.165, 1.54) is 19.3 Å². The maximum Gasteiger partial charge on any atom is 0.253 e. The van der Waals surface area contributed by atoms with Gasteiger partial charge in [-0.1, -0.05) is 6.08 Å². The number of hydrogen-bond donors (Lipinski definition) is 2. The van der Waals surface area contributed by atoms with E-state index < -0.39 is 0 Å². The molecule has 3 aliphatic rings. The van der Waals surface area contributed by atoms with Gasteiger partial charge in [0.1, 0.15) is 5.75 Å². The zero-order valence-corrected chi connectivity index (χ0v) is 19.4. The van der Waals surface area contributed by atoms with Gasteiger partial charge in [-0.25, -0.2) is 0 Å². The number of nitrogens with one attached hydrogen (secondary N) is 2. The van der Waals surface area contributed by atoms with Crippen LogP contribution in [-0.4, -0.2) is 70.5 Å². The number of nitrogens with zero attached hydrogens (tertiary/aromatic N) is 2. The predicted octanol–water partition coefficient (Wildman–Crippen LogP) is 2.83. The lowest BCUT2D eigenvalue weighted by Gasteiger charge is -2.32. The van der Waals surface area contributed by atoms with E-state index in [0.717, 1.165) is 81.7 Å². The Morgan fingerprint density at radius 3 is 2.62 bits per heavy atom. The number of carbonyl (C=O) groups is 1. The van der Waals surface area contributed by atoms with E-state index >= 15 is 0 Å². The Kier molecular flexibility index (Phi) is 8.42. The molecule has 176 valence electrons. The number of likely N-dealkylation sites (tertiary alicyclic amines) is 1. The molecule has 0 aromatic heterocycles. The van der Waals surface area contributed by atoms with E-state index in [2.05, 4.69) is 21.6 Å². The second kappa shape index (κ2) is 11.7. The number of piperidine rings is 2. The molecular weight excluding hydrogens is 404 g/mol. The molecule has 1 amide bonds.